The molecule has 0 aliphatic heterocycles. The molecule has 1 aromatic carbocycles. The number of pyridine rings is 1. The number of nitrogens with zero attached hydrogens (tertiary/aromatic N) is 6. The molecule has 4 aromatic rings. The van der Waals surface area contributed by atoms with Crippen molar-refractivity contribution in [3.05, 3.63) is 51.9 Å². The maximum absolute atomic E-state index is 12.9. The molecule has 0 spiro atoms. The van der Waals surface area contributed by atoms with Crippen LogP contribution in [0.4, 0.5) is 0 Å². The molecule has 0 bridgehead atoms. The highest BCUT2D eigenvalue weighted by molar-refractivity contribution is 7.98. The van der Waals surface area contributed by atoms with Gasteiger partial charge in [-0.25, -0.2) is 0 Å². The molecule has 0 aliphatic rings. The Morgan fingerprint density at radius 1 is 1.12 bits per heavy atom. The first-order valence-electron chi connectivity index (χ1n) is 7.35. The fourth-order valence-electron chi connectivity index (χ4n) is 2.64. The molecule has 0 saturated carbocycles. The van der Waals surface area contributed by atoms with Crippen molar-refractivity contribution in [1.82, 2.24) is 29.4 Å². The average molecular weight is 338 g/mol. The minimum absolute atomic E-state index is 0.225. The van der Waals surface area contributed by atoms with Crippen LogP contribution in [0.15, 0.2) is 40.4 Å². The first kappa shape index (κ1) is 14.8. The van der Waals surface area contributed by atoms with Crippen molar-refractivity contribution in [2.75, 3.05) is 6.26 Å². The van der Waals surface area contributed by atoms with Gasteiger partial charge in [0, 0.05) is 6.20 Å². The summed E-state index contributed by atoms with van der Waals surface area (Å²) in [6, 6.07) is 7.82. The third-order valence-electron chi connectivity index (χ3n) is 3.89. The second kappa shape index (κ2) is 5.41. The van der Waals surface area contributed by atoms with Gasteiger partial charge in [-0.1, -0.05) is 23.9 Å². The quantitative estimate of drug-likeness (QED) is 0.521. The molecule has 0 fully saturated rings. The lowest BCUT2D eigenvalue weighted by Gasteiger charge is -2.10. The molecule has 0 saturated heterocycles. The van der Waals surface area contributed by atoms with Gasteiger partial charge in [0.1, 0.15) is 5.52 Å². The molecule has 3 heterocycles. The minimum Gasteiger partial charge on any atom is -0.282 e. The van der Waals surface area contributed by atoms with Crippen LogP contribution in [0.3, 0.4) is 0 Å². The fraction of sp³-hybridized carbons (Fsp3) is 0.188. The molecule has 4 rings (SSSR count). The zero-order valence-corrected chi connectivity index (χ0v) is 14.2. The fourth-order valence-corrected chi connectivity index (χ4v) is 2.98. The Bertz CT molecular complexity index is 1150. The van der Waals surface area contributed by atoms with Crippen LogP contribution in [0.5, 0.6) is 0 Å². The third-order valence-corrected chi connectivity index (χ3v) is 4.43. The molecule has 24 heavy (non-hydrogen) atoms. The molecule has 8 heteroatoms. The SMILES string of the molecule is CSc1nc2nnc3c(=O)n(-c4cc(C)ccc4C)ccc3n2n1. The number of hydrogen-bond donors (Lipinski definition) is 0. The summed E-state index contributed by atoms with van der Waals surface area (Å²) >= 11 is 1.42. The van der Waals surface area contributed by atoms with Crippen LogP contribution in [-0.4, -0.2) is 35.6 Å². The number of hydrogen-bond acceptors (Lipinski definition) is 6. The van der Waals surface area contributed by atoms with E-state index >= 15 is 0 Å². The largest absolute Gasteiger partial charge is 0.285 e. The lowest BCUT2D eigenvalue weighted by atomic mass is 10.1. The summed E-state index contributed by atoms with van der Waals surface area (Å²) in [6.07, 6.45) is 3.63. The smallest absolute Gasteiger partial charge is 0.282 e. The van der Waals surface area contributed by atoms with Gasteiger partial charge in [-0.2, -0.15) is 9.50 Å². The number of thioether (sulfide) groups is 1. The van der Waals surface area contributed by atoms with E-state index in [1.165, 1.54) is 11.8 Å². The van der Waals surface area contributed by atoms with Crippen molar-refractivity contribution in [2.45, 2.75) is 19.0 Å². The predicted octanol–water partition coefficient (Wildman–Crippen LogP) is 2.16. The van der Waals surface area contributed by atoms with E-state index < -0.39 is 0 Å². The van der Waals surface area contributed by atoms with E-state index in [-0.39, 0.29) is 11.1 Å². The maximum atomic E-state index is 12.9. The third kappa shape index (κ3) is 2.18. The van der Waals surface area contributed by atoms with E-state index in [0.29, 0.717) is 16.5 Å². The zero-order chi connectivity index (χ0) is 16.8. The first-order chi connectivity index (χ1) is 11.6. The second-order valence-corrected chi connectivity index (χ2v) is 6.30. The highest BCUT2D eigenvalue weighted by Crippen LogP contribution is 2.17. The molecule has 0 N–H and O–H groups in total. The van der Waals surface area contributed by atoms with Gasteiger partial charge in [-0.05, 0) is 43.4 Å². The summed E-state index contributed by atoms with van der Waals surface area (Å²) < 4.78 is 3.15. The van der Waals surface area contributed by atoms with Crippen LogP contribution < -0.4 is 5.56 Å². The summed E-state index contributed by atoms with van der Waals surface area (Å²) in [6.45, 7) is 3.97. The zero-order valence-electron chi connectivity index (χ0n) is 13.4. The maximum Gasteiger partial charge on any atom is 0.285 e. The summed E-state index contributed by atoms with van der Waals surface area (Å²) in [5.41, 5.74) is 3.58. The van der Waals surface area contributed by atoms with E-state index in [1.807, 2.05) is 44.4 Å². The van der Waals surface area contributed by atoms with Crippen molar-refractivity contribution >= 4 is 28.6 Å². The summed E-state index contributed by atoms with van der Waals surface area (Å²) in [5, 5.41) is 13.1. The van der Waals surface area contributed by atoms with Crippen LogP contribution in [0.2, 0.25) is 0 Å². The van der Waals surface area contributed by atoms with Crippen LogP contribution >= 0.6 is 11.8 Å². The van der Waals surface area contributed by atoms with Crippen LogP contribution in [-0.2, 0) is 0 Å². The van der Waals surface area contributed by atoms with Gasteiger partial charge in [0.05, 0.1) is 5.69 Å². The number of fused-ring (bicyclic) bond motifs is 3. The number of benzene rings is 1. The average Bonchev–Trinajstić information content (AvgIpc) is 3.01. The molecule has 0 unspecified atom stereocenters. The van der Waals surface area contributed by atoms with Crippen LogP contribution in [0, 0.1) is 13.8 Å². The first-order valence-corrected chi connectivity index (χ1v) is 8.57. The molecular weight excluding hydrogens is 324 g/mol. The Morgan fingerprint density at radius 3 is 2.75 bits per heavy atom. The molecule has 3 aromatic heterocycles. The topological polar surface area (TPSA) is 78.0 Å². The molecule has 0 radical (unpaired) electrons. The summed E-state index contributed by atoms with van der Waals surface area (Å²) in [7, 11) is 0. The molecule has 7 nitrogen and oxygen atoms in total. The predicted molar refractivity (Wildman–Crippen MR) is 92.9 cm³/mol. The van der Waals surface area contributed by atoms with Crippen LogP contribution in [0.25, 0.3) is 22.5 Å². The Balaban J connectivity index is 2.03. The van der Waals surface area contributed by atoms with Crippen molar-refractivity contribution in [3.63, 3.8) is 0 Å². The molecule has 0 atom stereocenters. The molecule has 120 valence electrons. The number of aromatic nitrogens is 6. The Hall–Kier alpha value is -2.74. The highest BCUT2D eigenvalue weighted by Gasteiger charge is 2.14. The van der Waals surface area contributed by atoms with Gasteiger partial charge >= 0.3 is 0 Å². The van der Waals surface area contributed by atoms with Gasteiger partial charge in [0.2, 0.25) is 5.16 Å². The summed E-state index contributed by atoms with van der Waals surface area (Å²) in [5.74, 6) is 0.385. The minimum atomic E-state index is -0.225. The van der Waals surface area contributed by atoms with Gasteiger partial charge in [0.25, 0.3) is 11.3 Å². The van der Waals surface area contributed by atoms with Crippen molar-refractivity contribution in [3.8, 4) is 5.69 Å². The molecular formula is C16H14N6OS. The van der Waals surface area contributed by atoms with Gasteiger partial charge in [-0.3, -0.25) is 9.36 Å². The Kier molecular flexibility index (Phi) is 3.34. The molecule has 0 amide bonds. The van der Waals surface area contributed by atoms with E-state index in [0.717, 1.165) is 16.8 Å². The van der Waals surface area contributed by atoms with E-state index in [2.05, 4.69) is 20.3 Å². The monoisotopic (exact) mass is 338 g/mol. The lowest BCUT2D eigenvalue weighted by molar-refractivity contribution is 0.884. The second-order valence-electron chi connectivity index (χ2n) is 5.52. The molecule has 0 aliphatic carbocycles. The Morgan fingerprint density at radius 2 is 1.96 bits per heavy atom. The van der Waals surface area contributed by atoms with Crippen LogP contribution in [0.1, 0.15) is 11.1 Å². The number of aryl methyl sites for hydroxylation is 2. The number of rotatable bonds is 2. The van der Waals surface area contributed by atoms with Gasteiger partial charge < -0.3 is 0 Å². The highest BCUT2D eigenvalue weighted by atomic mass is 32.2. The standard InChI is InChI=1S/C16H14N6OS/c1-9-4-5-10(2)12(8-9)21-7-6-11-13(14(21)23)18-19-15-17-16(24-3)20-22(11)15/h4-8H,1-3H3. The van der Waals surface area contributed by atoms with Gasteiger partial charge in [-0.15, -0.1) is 15.3 Å². The van der Waals surface area contributed by atoms with Crippen molar-refractivity contribution < 1.29 is 0 Å². The Labute approximate surface area is 141 Å². The normalized spacial score (nSPS) is 11.5. The van der Waals surface area contributed by atoms with Gasteiger partial charge in [0.15, 0.2) is 5.52 Å². The van der Waals surface area contributed by atoms with E-state index in [4.69, 9.17) is 0 Å². The van der Waals surface area contributed by atoms with E-state index in [1.54, 1.807) is 15.3 Å². The van der Waals surface area contributed by atoms with Crippen molar-refractivity contribution in [2.24, 2.45) is 0 Å². The summed E-state index contributed by atoms with van der Waals surface area (Å²) in [4.78, 5) is 17.2. The van der Waals surface area contributed by atoms with E-state index in [9.17, 15) is 4.79 Å². The van der Waals surface area contributed by atoms with Crippen molar-refractivity contribution in [1.29, 1.82) is 0 Å². The lowest BCUT2D eigenvalue weighted by Crippen LogP contribution is -2.21.